The van der Waals surface area contributed by atoms with Crippen molar-refractivity contribution in [2.45, 2.75) is 17.2 Å². The highest BCUT2D eigenvalue weighted by Crippen LogP contribution is 2.31. The Labute approximate surface area is 165 Å². The number of sulfonamides is 1. The fourth-order valence-corrected chi connectivity index (χ4v) is 4.24. The lowest BCUT2D eigenvalue weighted by atomic mass is 9.76. The molecule has 0 unspecified atom stereocenters. The number of nitrogens with one attached hydrogen (secondary N) is 1. The Morgan fingerprint density at radius 2 is 1.32 bits per heavy atom. The quantitative estimate of drug-likeness (QED) is 0.645. The first-order valence-corrected chi connectivity index (χ1v) is 10.3. The molecule has 0 aliphatic rings. The molecule has 0 aliphatic heterocycles. The standard InChI is InChI=1S/C22H22N2O3S/c1-22(18-8-4-2-5-9-18,19-10-6-3-7-11-19)16-24-28(26,27)20-14-12-17(13-15-20)21(23)25/h2-15,24H,16H2,1H3,(H2,23,25). The number of hydrogen-bond acceptors (Lipinski definition) is 3. The second-order valence-corrected chi connectivity index (χ2v) is 8.54. The summed E-state index contributed by atoms with van der Waals surface area (Å²) in [7, 11) is -3.75. The van der Waals surface area contributed by atoms with Gasteiger partial charge < -0.3 is 5.73 Å². The van der Waals surface area contributed by atoms with Gasteiger partial charge in [0.1, 0.15) is 0 Å². The maximum Gasteiger partial charge on any atom is 0.248 e. The molecular weight excluding hydrogens is 372 g/mol. The van der Waals surface area contributed by atoms with E-state index in [1.807, 2.05) is 67.6 Å². The molecule has 3 N–H and O–H groups in total. The average Bonchev–Trinajstić information content (AvgIpc) is 2.73. The van der Waals surface area contributed by atoms with Crippen LogP contribution in [0.1, 0.15) is 28.4 Å². The molecule has 0 aromatic heterocycles. The molecule has 3 aromatic carbocycles. The smallest absolute Gasteiger partial charge is 0.248 e. The van der Waals surface area contributed by atoms with E-state index in [2.05, 4.69) is 4.72 Å². The molecule has 3 aromatic rings. The van der Waals surface area contributed by atoms with E-state index in [1.165, 1.54) is 24.3 Å². The van der Waals surface area contributed by atoms with Crippen LogP contribution in [0, 0.1) is 0 Å². The van der Waals surface area contributed by atoms with Crippen LogP contribution in [0.4, 0.5) is 0 Å². The van der Waals surface area contributed by atoms with Crippen molar-refractivity contribution in [2.24, 2.45) is 5.73 Å². The zero-order chi connectivity index (χ0) is 20.2. The number of rotatable bonds is 7. The van der Waals surface area contributed by atoms with Gasteiger partial charge in [-0.25, -0.2) is 13.1 Å². The van der Waals surface area contributed by atoms with Gasteiger partial charge in [-0.2, -0.15) is 0 Å². The third-order valence-corrected chi connectivity index (χ3v) is 6.30. The molecule has 0 bridgehead atoms. The normalized spacial score (nSPS) is 11.9. The fraction of sp³-hybridized carbons (Fsp3) is 0.136. The molecule has 0 saturated heterocycles. The molecule has 0 atom stereocenters. The molecule has 0 saturated carbocycles. The van der Waals surface area contributed by atoms with Crippen molar-refractivity contribution in [3.8, 4) is 0 Å². The fourth-order valence-electron chi connectivity index (χ4n) is 3.10. The number of amides is 1. The summed E-state index contributed by atoms with van der Waals surface area (Å²) in [5.74, 6) is -0.599. The molecule has 144 valence electrons. The van der Waals surface area contributed by atoms with Gasteiger partial charge >= 0.3 is 0 Å². The van der Waals surface area contributed by atoms with E-state index in [4.69, 9.17) is 5.73 Å². The summed E-state index contributed by atoms with van der Waals surface area (Å²) in [6.07, 6.45) is 0. The largest absolute Gasteiger partial charge is 0.366 e. The SMILES string of the molecule is CC(CNS(=O)(=O)c1ccc(C(N)=O)cc1)(c1ccccc1)c1ccccc1. The molecule has 0 fully saturated rings. The predicted octanol–water partition coefficient (Wildman–Crippen LogP) is 3.07. The van der Waals surface area contributed by atoms with E-state index < -0.39 is 21.3 Å². The van der Waals surface area contributed by atoms with Crippen LogP contribution in [0.25, 0.3) is 0 Å². The number of nitrogens with two attached hydrogens (primary N) is 1. The lowest BCUT2D eigenvalue weighted by Crippen LogP contribution is -2.39. The van der Waals surface area contributed by atoms with Gasteiger partial charge in [-0.1, -0.05) is 67.6 Å². The van der Waals surface area contributed by atoms with Gasteiger partial charge in [-0.05, 0) is 35.4 Å². The van der Waals surface area contributed by atoms with E-state index in [9.17, 15) is 13.2 Å². The van der Waals surface area contributed by atoms with Crippen molar-refractivity contribution >= 4 is 15.9 Å². The Hall–Kier alpha value is -2.96. The molecule has 3 rings (SSSR count). The summed E-state index contributed by atoms with van der Waals surface area (Å²) in [6.45, 7) is 2.19. The van der Waals surface area contributed by atoms with Gasteiger partial charge in [-0.15, -0.1) is 0 Å². The van der Waals surface area contributed by atoms with Crippen LogP contribution < -0.4 is 10.5 Å². The summed E-state index contributed by atoms with van der Waals surface area (Å²) in [6, 6.07) is 25.1. The molecule has 1 amide bonds. The summed E-state index contributed by atoms with van der Waals surface area (Å²) < 4.78 is 28.3. The zero-order valence-electron chi connectivity index (χ0n) is 15.5. The molecule has 5 nitrogen and oxygen atoms in total. The Kier molecular flexibility index (Phi) is 5.63. The minimum Gasteiger partial charge on any atom is -0.366 e. The minimum atomic E-state index is -3.75. The van der Waals surface area contributed by atoms with Crippen LogP contribution >= 0.6 is 0 Å². The minimum absolute atomic E-state index is 0.0842. The highest BCUT2D eigenvalue weighted by Gasteiger charge is 2.30. The van der Waals surface area contributed by atoms with Crippen molar-refractivity contribution in [2.75, 3.05) is 6.54 Å². The molecule has 0 radical (unpaired) electrons. The summed E-state index contributed by atoms with van der Waals surface area (Å²) in [5, 5.41) is 0. The Balaban J connectivity index is 1.91. The first-order chi connectivity index (χ1) is 13.3. The Bertz CT molecular complexity index is 1010. The highest BCUT2D eigenvalue weighted by molar-refractivity contribution is 7.89. The Morgan fingerprint density at radius 1 is 0.857 bits per heavy atom. The van der Waals surface area contributed by atoms with Gasteiger partial charge in [0, 0.05) is 17.5 Å². The summed E-state index contributed by atoms with van der Waals surface area (Å²) >= 11 is 0. The van der Waals surface area contributed by atoms with Gasteiger partial charge in [0.05, 0.1) is 4.90 Å². The van der Waals surface area contributed by atoms with Crippen molar-refractivity contribution in [1.82, 2.24) is 4.72 Å². The molecule has 0 aliphatic carbocycles. The summed E-state index contributed by atoms with van der Waals surface area (Å²) in [5.41, 5.74) is 6.94. The molecule has 6 heteroatoms. The number of primary amides is 1. The van der Waals surface area contributed by atoms with Crippen molar-refractivity contribution < 1.29 is 13.2 Å². The number of carbonyl (C=O) groups excluding carboxylic acids is 1. The maximum atomic E-state index is 12.8. The van der Waals surface area contributed by atoms with E-state index in [0.29, 0.717) is 0 Å². The van der Waals surface area contributed by atoms with Crippen molar-refractivity contribution in [1.29, 1.82) is 0 Å². The highest BCUT2D eigenvalue weighted by atomic mass is 32.2. The van der Waals surface area contributed by atoms with Crippen molar-refractivity contribution in [3.05, 3.63) is 102 Å². The predicted molar refractivity (Wildman–Crippen MR) is 109 cm³/mol. The van der Waals surface area contributed by atoms with Crippen LogP contribution in [0.2, 0.25) is 0 Å². The molecule has 0 heterocycles. The topological polar surface area (TPSA) is 89.3 Å². The number of carbonyl (C=O) groups is 1. The monoisotopic (exact) mass is 394 g/mol. The molecule has 0 spiro atoms. The zero-order valence-corrected chi connectivity index (χ0v) is 16.3. The number of hydrogen-bond donors (Lipinski definition) is 2. The third kappa shape index (κ3) is 4.13. The van der Waals surface area contributed by atoms with Gasteiger partial charge in [-0.3, -0.25) is 4.79 Å². The lowest BCUT2D eigenvalue weighted by molar-refractivity contribution is 0.1000. The maximum absolute atomic E-state index is 12.8. The van der Waals surface area contributed by atoms with Crippen LogP contribution in [-0.2, 0) is 15.4 Å². The van der Waals surface area contributed by atoms with Crippen molar-refractivity contribution in [3.63, 3.8) is 0 Å². The second-order valence-electron chi connectivity index (χ2n) is 6.78. The van der Waals surface area contributed by atoms with E-state index in [1.54, 1.807) is 0 Å². The van der Waals surface area contributed by atoms with Crippen LogP contribution in [0.3, 0.4) is 0 Å². The first-order valence-electron chi connectivity index (χ1n) is 8.83. The van der Waals surface area contributed by atoms with Gasteiger partial charge in [0.25, 0.3) is 0 Å². The first kappa shape index (κ1) is 19.8. The van der Waals surface area contributed by atoms with Gasteiger partial charge in [0.15, 0.2) is 0 Å². The van der Waals surface area contributed by atoms with Gasteiger partial charge in [0.2, 0.25) is 15.9 Å². The third-order valence-electron chi connectivity index (χ3n) is 4.89. The second kappa shape index (κ2) is 7.96. The molecule has 28 heavy (non-hydrogen) atoms. The van der Waals surface area contributed by atoms with Crippen LogP contribution in [-0.4, -0.2) is 20.9 Å². The van der Waals surface area contributed by atoms with E-state index in [-0.39, 0.29) is 17.0 Å². The summed E-state index contributed by atoms with van der Waals surface area (Å²) in [4.78, 5) is 11.3. The van der Waals surface area contributed by atoms with Crippen LogP contribution in [0.5, 0.6) is 0 Å². The van der Waals surface area contributed by atoms with Crippen LogP contribution in [0.15, 0.2) is 89.8 Å². The van der Waals surface area contributed by atoms with E-state index in [0.717, 1.165) is 11.1 Å². The average molecular weight is 394 g/mol. The lowest BCUT2D eigenvalue weighted by Gasteiger charge is -2.31. The Morgan fingerprint density at radius 3 is 1.75 bits per heavy atom. The van der Waals surface area contributed by atoms with E-state index >= 15 is 0 Å². The number of benzene rings is 3. The molecular formula is C22H22N2O3S.